The van der Waals surface area contributed by atoms with Crippen molar-refractivity contribution in [3.8, 4) is 0 Å². The van der Waals surface area contributed by atoms with Gasteiger partial charge in [-0.2, -0.15) is 0 Å². The fourth-order valence-corrected chi connectivity index (χ4v) is 7.64. The summed E-state index contributed by atoms with van der Waals surface area (Å²) < 4.78 is 0. The summed E-state index contributed by atoms with van der Waals surface area (Å²) in [7, 11) is 0. The van der Waals surface area contributed by atoms with E-state index in [0.29, 0.717) is 16.7 Å². The highest BCUT2D eigenvalue weighted by atomic mass is 15.2. The Labute approximate surface area is 255 Å². The third-order valence-electron chi connectivity index (χ3n) is 11.2. The number of aromatic nitrogens is 1. The maximum absolute atomic E-state index is 6.15. The molecule has 0 aliphatic heterocycles. The average Bonchev–Trinajstić information content (AvgIpc) is 3.05. The number of aryl methyl sites for hydroxylation is 1. The van der Waals surface area contributed by atoms with Gasteiger partial charge in [-0.3, -0.25) is 4.99 Å². The van der Waals surface area contributed by atoms with Crippen molar-refractivity contribution in [1.29, 1.82) is 0 Å². The van der Waals surface area contributed by atoms with Crippen LogP contribution in [0, 0.1) is 11.3 Å². The zero-order valence-electron chi connectivity index (χ0n) is 26.8. The Balaban J connectivity index is 1.40. The van der Waals surface area contributed by atoms with E-state index in [1.807, 2.05) is 12.4 Å². The lowest BCUT2D eigenvalue weighted by atomic mass is 9.51. The van der Waals surface area contributed by atoms with Crippen molar-refractivity contribution in [3.63, 3.8) is 0 Å². The van der Waals surface area contributed by atoms with Gasteiger partial charge >= 0.3 is 0 Å². The van der Waals surface area contributed by atoms with Crippen LogP contribution < -0.4 is 10.6 Å². The quantitative estimate of drug-likeness (QED) is 0.276. The van der Waals surface area contributed by atoms with E-state index in [4.69, 9.17) is 22.3 Å². The number of nitrogens with two attached hydrogens (primary N) is 1. The minimum atomic E-state index is -0.111. The van der Waals surface area contributed by atoms with Crippen molar-refractivity contribution in [1.82, 2.24) is 4.98 Å². The molecule has 4 heteroatoms. The van der Waals surface area contributed by atoms with Crippen LogP contribution in [0.3, 0.4) is 0 Å². The van der Waals surface area contributed by atoms with Gasteiger partial charge in [0.25, 0.3) is 0 Å². The zero-order chi connectivity index (χ0) is 29.8. The summed E-state index contributed by atoms with van der Waals surface area (Å²) in [6, 6.07) is 13.8. The van der Waals surface area contributed by atoms with Crippen molar-refractivity contribution < 1.29 is 0 Å². The molecule has 42 heavy (non-hydrogen) atoms. The lowest BCUT2D eigenvalue weighted by Gasteiger charge is -2.55. The van der Waals surface area contributed by atoms with Crippen LogP contribution in [0.15, 0.2) is 66.1 Å². The van der Waals surface area contributed by atoms with Crippen LogP contribution in [0.25, 0.3) is 5.57 Å². The molecule has 4 nitrogen and oxygen atoms in total. The first kappa shape index (κ1) is 30.6. The second-order valence-corrected chi connectivity index (χ2v) is 14.2. The van der Waals surface area contributed by atoms with E-state index in [2.05, 4.69) is 69.0 Å². The molecule has 0 saturated heterocycles. The fourth-order valence-electron chi connectivity index (χ4n) is 7.64. The Morgan fingerprint density at radius 2 is 1.69 bits per heavy atom. The summed E-state index contributed by atoms with van der Waals surface area (Å²) in [4.78, 5) is 12.3. The van der Waals surface area contributed by atoms with Gasteiger partial charge < -0.3 is 10.6 Å². The molecule has 0 atom stereocenters. The first-order valence-corrected chi connectivity index (χ1v) is 16.7. The number of hydrogen-bond acceptors (Lipinski definition) is 4. The largest absolute Gasteiger partial charge is 0.404 e. The van der Waals surface area contributed by atoms with Gasteiger partial charge in [-0.1, -0.05) is 64.0 Å². The SMILES string of the molecule is C=C(C1CCCCC1)N(CC12CCC(c3ccc(CC)cc3)(CC1)CC2)c1cc(/C(C=NC(C)(C)CC)=C/N)ccn1. The summed E-state index contributed by atoms with van der Waals surface area (Å²) in [5.74, 6) is 1.55. The molecular weight excluding hydrogens is 512 g/mol. The summed E-state index contributed by atoms with van der Waals surface area (Å²) >= 11 is 0. The van der Waals surface area contributed by atoms with Crippen molar-refractivity contribution >= 4 is 17.6 Å². The van der Waals surface area contributed by atoms with Crippen molar-refractivity contribution in [2.45, 2.75) is 122 Å². The van der Waals surface area contributed by atoms with Crippen LogP contribution in [-0.2, 0) is 11.8 Å². The van der Waals surface area contributed by atoms with E-state index in [1.54, 1.807) is 11.8 Å². The summed E-state index contributed by atoms with van der Waals surface area (Å²) in [6.45, 7) is 14.5. The second kappa shape index (κ2) is 12.8. The second-order valence-electron chi connectivity index (χ2n) is 14.2. The normalized spacial score (nSPS) is 25.2. The number of rotatable bonds is 11. The van der Waals surface area contributed by atoms with E-state index in [9.17, 15) is 0 Å². The molecular formula is C38H54N4. The van der Waals surface area contributed by atoms with E-state index in [0.717, 1.165) is 36.3 Å². The molecule has 6 rings (SSSR count). The predicted octanol–water partition coefficient (Wildman–Crippen LogP) is 9.40. The molecule has 1 heterocycles. The summed E-state index contributed by atoms with van der Waals surface area (Å²) in [6.07, 6.45) is 21.8. The summed E-state index contributed by atoms with van der Waals surface area (Å²) in [5, 5.41) is 0. The fraction of sp³-hybridized carbons (Fsp3) is 0.579. The van der Waals surface area contributed by atoms with Gasteiger partial charge in [0.05, 0.1) is 5.54 Å². The van der Waals surface area contributed by atoms with Crippen molar-refractivity contribution in [2.24, 2.45) is 22.1 Å². The smallest absolute Gasteiger partial charge is 0.133 e. The van der Waals surface area contributed by atoms with E-state index in [1.165, 1.54) is 81.9 Å². The van der Waals surface area contributed by atoms with Gasteiger partial charge in [-0.05, 0) is 124 Å². The molecule has 4 fully saturated rings. The van der Waals surface area contributed by atoms with Crippen LogP contribution in [-0.4, -0.2) is 23.3 Å². The van der Waals surface area contributed by atoms with Crippen molar-refractivity contribution in [2.75, 3.05) is 11.4 Å². The molecule has 1 aromatic heterocycles. The standard InChI is InChI=1S/C38H54N4/c1-6-30-13-15-34(16-14-30)38-21-18-37(19-22-38,20-23-38)28-42(29(3)31-11-9-8-10-12-31)35-25-32(17-24-40-35)33(26-39)27-41-36(4,5)7-2/h13-17,24-27,31H,3,6-12,18-23,28,39H2,1-2,4-5H3/b33-26+,41-27?. The van der Waals surface area contributed by atoms with Crippen LogP contribution >= 0.6 is 0 Å². The summed E-state index contributed by atoms with van der Waals surface area (Å²) in [5.41, 5.74) is 13.0. The third kappa shape index (κ3) is 6.53. The number of aliphatic imine (C=N–C) groups is 1. The Bertz CT molecular complexity index is 1250. The highest BCUT2D eigenvalue weighted by molar-refractivity contribution is 6.09. The molecule has 2 bridgehead atoms. The molecule has 2 N–H and O–H groups in total. The number of anilines is 1. The molecule has 2 aromatic rings. The number of nitrogens with zero attached hydrogens (tertiary/aromatic N) is 3. The Morgan fingerprint density at radius 3 is 2.29 bits per heavy atom. The van der Waals surface area contributed by atoms with Gasteiger partial charge in [0.1, 0.15) is 5.82 Å². The lowest BCUT2D eigenvalue weighted by molar-refractivity contribution is 0.0459. The minimum absolute atomic E-state index is 0.111. The van der Waals surface area contributed by atoms with Crippen LogP contribution in [0.5, 0.6) is 0 Å². The maximum atomic E-state index is 6.15. The molecule has 0 radical (unpaired) electrons. The van der Waals surface area contributed by atoms with Crippen molar-refractivity contribution in [3.05, 3.63) is 77.8 Å². The molecule has 1 aromatic carbocycles. The van der Waals surface area contributed by atoms with Crippen LogP contribution in [0.2, 0.25) is 0 Å². The maximum Gasteiger partial charge on any atom is 0.133 e. The van der Waals surface area contributed by atoms with Gasteiger partial charge in [0.15, 0.2) is 0 Å². The molecule has 4 saturated carbocycles. The zero-order valence-corrected chi connectivity index (χ0v) is 26.8. The molecule has 0 amide bonds. The van der Waals surface area contributed by atoms with Gasteiger partial charge in [-0.25, -0.2) is 4.98 Å². The first-order chi connectivity index (χ1) is 20.2. The molecule has 4 aliphatic rings. The number of fused-ring (bicyclic) bond motifs is 3. The Morgan fingerprint density at radius 1 is 1.02 bits per heavy atom. The van der Waals surface area contributed by atoms with Crippen LogP contribution in [0.4, 0.5) is 5.82 Å². The number of allylic oxidation sites excluding steroid dienone is 2. The van der Waals surface area contributed by atoms with Gasteiger partial charge in [0.2, 0.25) is 0 Å². The van der Waals surface area contributed by atoms with Crippen LogP contribution in [0.1, 0.15) is 121 Å². The van der Waals surface area contributed by atoms with E-state index < -0.39 is 0 Å². The molecule has 0 unspecified atom stereocenters. The first-order valence-electron chi connectivity index (χ1n) is 16.7. The monoisotopic (exact) mass is 566 g/mol. The lowest BCUT2D eigenvalue weighted by Crippen LogP contribution is -2.49. The van der Waals surface area contributed by atoms with E-state index >= 15 is 0 Å². The number of hydrogen-bond donors (Lipinski definition) is 1. The Kier molecular flexibility index (Phi) is 9.30. The Hall–Kier alpha value is -2.88. The van der Waals surface area contributed by atoms with Gasteiger partial charge in [-0.15, -0.1) is 0 Å². The molecule has 226 valence electrons. The number of benzene rings is 1. The van der Waals surface area contributed by atoms with Gasteiger partial charge in [0, 0.05) is 36.4 Å². The third-order valence-corrected chi connectivity index (χ3v) is 11.2. The molecule has 4 aliphatic carbocycles. The topological polar surface area (TPSA) is 54.5 Å². The van der Waals surface area contributed by atoms with E-state index in [-0.39, 0.29) is 5.54 Å². The highest BCUT2D eigenvalue weighted by Gasteiger charge is 2.50. The molecule has 0 spiro atoms. The minimum Gasteiger partial charge on any atom is -0.404 e. The predicted molar refractivity (Wildman–Crippen MR) is 180 cm³/mol. The highest BCUT2D eigenvalue weighted by Crippen LogP contribution is 2.58. The number of pyridine rings is 1. The average molecular weight is 567 g/mol.